The molecule has 2 saturated heterocycles. The van der Waals surface area contributed by atoms with Gasteiger partial charge in [0.25, 0.3) is 0 Å². The predicted octanol–water partition coefficient (Wildman–Crippen LogP) is 4.05. The van der Waals surface area contributed by atoms with Gasteiger partial charge in [-0.15, -0.1) is 0 Å². The zero-order valence-electron chi connectivity index (χ0n) is 23.3. The zero-order chi connectivity index (χ0) is 28.6. The Balaban J connectivity index is 1.40. The lowest BCUT2D eigenvalue weighted by atomic mass is 9.91. The highest BCUT2D eigenvalue weighted by atomic mass is 19.1. The van der Waals surface area contributed by atoms with Crippen molar-refractivity contribution in [1.82, 2.24) is 24.6 Å². The maximum Gasteiger partial charge on any atom is 0.313 e. The molecule has 2 aliphatic rings. The average molecular weight is 551 g/mol. The molecule has 10 nitrogen and oxygen atoms in total. The number of piperazine rings is 1. The monoisotopic (exact) mass is 550 g/mol. The molecule has 3 atom stereocenters. The fourth-order valence-corrected chi connectivity index (χ4v) is 5.40. The molecule has 0 aliphatic carbocycles. The molecule has 0 unspecified atom stereocenters. The SMILES string of the molecule is C[C@H]1CN(C(=O)C(=O)Nc2cncc3c2cnn3[C@H]2CCCCO2)[C@H](c2ccc(F)cc2)CN1C(=O)C(C)(C)C. The summed E-state index contributed by atoms with van der Waals surface area (Å²) in [4.78, 5) is 47.7. The first kappa shape index (κ1) is 27.7. The van der Waals surface area contributed by atoms with Gasteiger partial charge in [0.1, 0.15) is 5.82 Å². The van der Waals surface area contributed by atoms with E-state index in [1.54, 1.807) is 34.1 Å². The van der Waals surface area contributed by atoms with Crippen LogP contribution < -0.4 is 5.32 Å². The summed E-state index contributed by atoms with van der Waals surface area (Å²) in [5.41, 5.74) is 1.08. The van der Waals surface area contributed by atoms with Crippen molar-refractivity contribution >= 4 is 34.3 Å². The van der Waals surface area contributed by atoms with Crippen molar-refractivity contribution in [2.75, 3.05) is 25.0 Å². The van der Waals surface area contributed by atoms with Crippen LogP contribution in [0, 0.1) is 11.2 Å². The molecular formula is C29H35FN6O4. The van der Waals surface area contributed by atoms with Gasteiger partial charge in [0.05, 0.1) is 35.8 Å². The summed E-state index contributed by atoms with van der Waals surface area (Å²) in [5, 5.41) is 7.84. The van der Waals surface area contributed by atoms with E-state index in [9.17, 15) is 18.8 Å². The zero-order valence-corrected chi connectivity index (χ0v) is 23.3. The Bertz CT molecular complexity index is 1410. The van der Waals surface area contributed by atoms with E-state index in [1.807, 2.05) is 27.7 Å². The minimum atomic E-state index is -0.828. The number of carbonyl (C=O) groups is 3. The van der Waals surface area contributed by atoms with Gasteiger partial charge in [-0.1, -0.05) is 32.9 Å². The van der Waals surface area contributed by atoms with Crippen LogP contribution in [0.2, 0.25) is 0 Å². The van der Waals surface area contributed by atoms with E-state index in [-0.39, 0.29) is 31.3 Å². The maximum atomic E-state index is 13.7. The summed E-state index contributed by atoms with van der Waals surface area (Å²) in [6.45, 7) is 8.38. The summed E-state index contributed by atoms with van der Waals surface area (Å²) >= 11 is 0. The van der Waals surface area contributed by atoms with Gasteiger partial charge in [-0.2, -0.15) is 5.10 Å². The van der Waals surface area contributed by atoms with E-state index in [4.69, 9.17) is 4.74 Å². The lowest BCUT2D eigenvalue weighted by molar-refractivity contribution is -0.154. The molecule has 2 aliphatic heterocycles. The van der Waals surface area contributed by atoms with E-state index >= 15 is 0 Å². The van der Waals surface area contributed by atoms with Gasteiger partial charge >= 0.3 is 11.8 Å². The van der Waals surface area contributed by atoms with Crippen LogP contribution in [0.5, 0.6) is 0 Å². The molecule has 3 amide bonds. The normalized spacial score (nSPS) is 21.9. The van der Waals surface area contributed by atoms with Gasteiger partial charge in [0.15, 0.2) is 6.23 Å². The number of rotatable bonds is 3. The third-order valence-electron chi connectivity index (χ3n) is 7.55. The van der Waals surface area contributed by atoms with Crippen LogP contribution in [0.3, 0.4) is 0 Å². The number of nitrogens with zero attached hydrogens (tertiary/aromatic N) is 5. The number of fused-ring (bicyclic) bond motifs is 1. The number of carbonyl (C=O) groups excluding carboxylic acids is 3. The number of ether oxygens (including phenoxy) is 1. The van der Waals surface area contributed by atoms with Gasteiger partial charge in [-0.3, -0.25) is 19.4 Å². The first-order chi connectivity index (χ1) is 19.0. The molecule has 2 aromatic heterocycles. The van der Waals surface area contributed by atoms with Gasteiger partial charge in [0, 0.05) is 36.5 Å². The van der Waals surface area contributed by atoms with Crippen LogP contribution in [0.25, 0.3) is 10.9 Å². The Morgan fingerprint density at radius 1 is 1.02 bits per heavy atom. The molecule has 4 heterocycles. The second-order valence-corrected chi connectivity index (χ2v) is 11.6. The third-order valence-corrected chi connectivity index (χ3v) is 7.55. The molecule has 0 spiro atoms. The van der Waals surface area contributed by atoms with Gasteiger partial charge in [0.2, 0.25) is 5.91 Å². The number of hydrogen-bond donors (Lipinski definition) is 1. The molecule has 11 heteroatoms. The highest BCUT2D eigenvalue weighted by molar-refractivity contribution is 6.40. The highest BCUT2D eigenvalue weighted by Crippen LogP contribution is 2.32. The molecule has 2 fully saturated rings. The van der Waals surface area contributed by atoms with Crippen molar-refractivity contribution in [1.29, 1.82) is 0 Å². The highest BCUT2D eigenvalue weighted by Gasteiger charge is 2.42. The van der Waals surface area contributed by atoms with E-state index in [0.29, 0.717) is 28.8 Å². The number of nitrogens with one attached hydrogen (secondary N) is 1. The third kappa shape index (κ3) is 5.42. The second kappa shape index (κ2) is 11.0. The summed E-state index contributed by atoms with van der Waals surface area (Å²) in [6.07, 6.45) is 7.45. The number of halogens is 1. The molecular weight excluding hydrogens is 515 g/mol. The first-order valence-electron chi connectivity index (χ1n) is 13.7. The van der Waals surface area contributed by atoms with Crippen molar-refractivity contribution < 1.29 is 23.5 Å². The van der Waals surface area contributed by atoms with Crippen molar-refractivity contribution in [3.63, 3.8) is 0 Å². The van der Waals surface area contributed by atoms with Crippen LogP contribution in [0.15, 0.2) is 42.9 Å². The molecule has 0 bridgehead atoms. The van der Waals surface area contributed by atoms with E-state index in [2.05, 4.69) is 15.4 Å². The molecule has 1 N–H and O–H groups in total. The van der Waals surface area contributed by atoms with Crippen LogP contribution >= 0.6 is 0 Å². The van der Waals surface area contributed by atoms with Crippen LogP contribution in [-0.2, 0) is 19.1 Å². The molecule has 0 radical (unpaired) electrons. The predicted molar refractivity (Wildman–Crippen MR) is 146 cm³/mol. The Morgan fingerprint density at radius 2 is 1.77 bits per heavy atom. The van der Waals surface area contributed by atoms with Crippen molar-refractivity contribution in [2.45, 2.75) is 65.3 Å². The fourth-order valence-electron chi connectivity index (χ4n) is 5.40. The fraction of sp³-hybridized carbons (Fsp3) is 0.483. The number of benzene rings is 1. The van der Waals surface area contributed by atoms with Crippen molar-refractivity contribution in [3.8, 4) is 0 Å². The quantitative estimate of drug-likeness (QED) is 0.493. The summed E-state index contributed by atoms with van der Waals surface area (Å²) in [7, 11) is 0. The van der Waals surface area contributed by atoms with Crippen molar-refractivity contribution in [3.05, 3.63) is 54.2 Å². The Morgan fingerprint density at radius 3 is 2.45 bits per heavy atom. The first-order valence-corrected chi connectivity index (χ1v) is 13.7. The standard InChI is InChI=1S/C29H35FN6O4/c1-18-16-35(24(19-8-10-20(30)11-9-19)17-34(18)28(39)29(2,3)4)27(38)26(37)33-22-14-31-15-23-21(22)13-32-36(23)25-7-5-6-12-40-25/h8-11,13-15,18,24-25H,5-7,12,16-17H2,1-4H3,(H,33,37)/t18-,24-,25+/m0/s1. The van der Waals surface area contributed by atoms with E-state index in [0.717, 1.165) is 19.3 Å². The van der Waals surface area contributed by atoms with Crippen LogP contribution in [0.1, 0.15) is 64.8 Å². The molecule has 212 valence electrons. The smallest absolute Gasteiger partial charge is 0.313 e. The van der Waals surface area contributed by atoms with Gasteiger partial charge in [-0.05, 0) is 43.9 Å². The lowest BCUT2D eigenvalue weighted by Crippen LogP contribution is -2.60. The molecule has 0 saturated carbocycles. The molecule has 1 aromatic carbocycles. The molecule has 3 aromatic rings. The van der Waals surface area contributed by atoms with Crippen molar-refractivity contribution in [2.24, 2.45) is 5.41 Å². The minimum Gasteiger partial charge on any atom is -0.356 e. The number of aromatic nitrogens is 3. The largest absolute Gasteiger partial charge is 0.356 e. The van der Waals surface area contributed by atoms with E-state index in [1.165, 1.54) is 23.2 Å². The molecule has 40 heavy (non-hydrogen) atoms. The number of anilines is 1. The number of pyridine rings is 1. The Labute approximate surface area is 232 Å². The number of hydrogen-bond acceptors (Lipinski definition) is 6. The van der Waals surface area contributed by atoms with Gasteiger partial charge in [-0.25, -0.2) is 9.07 Å². The van der Waals surface area contributed by atoms with Crippen LogP contribution in [0.4, 0.5) is 10.1 Å². The van der Waals surface area contributed by atoms with Gasteiger partial charge < -0.3 is 19.9 Å². The summed E-state index contributed by atoms with van der Waals surface area (Å²) in [5.74, 6) is -2.04. The Kier molecular flexibility index (Phi) is 7.59. The summed E-state index contributed by atoms with van der Waals surface area (Å²) in [6, 6.07) is 4.85. The maximum absolute atomic E-state index is 13.7. The molecule has 5 rings (SSSR count). The minimum absolute atomic E-state index is 0.0552. The average Bonchev–Trinajstić information content (AvgIpc) is 3.38. The number of amides is 3. The topological polar surface area (TPSA) is 110 Å². The van der Waals surface area contributed by atoms with E-state index < -0.39 is 29.1 Å². The second-order valence-electron chi connectivity index (χ2n) is 11.6. The Hall–Kier alpha value is -3.86. The summed E-state index contributed by atoms with van der Waals surface area (Å²) < 4.78 is 21.3. The lowest BCUT2D eigenvalue weighted by Gasteiger charge is -2.46. The van der Waals surface area contributed by atoms with Crippen LogP contribution in [-0.4, -0.2) is 68.0 Å².